The maximum Gasteiger partial charge on any atom is 0.322 e. The van der Waals surface area contributed by atoms with E-state index in [0.717, 1.165) is 12.1 Å². The largest absolute Gasteiger partial charge is 0.480 e. The maximum atomic E-state index is 13.8. The molecular formula is C14H14F2N4O2. The van der Waals surface area contributed by atoms with E-state index < -0.39 is 23.6 Å². The van der Waals surface area contributed by atoms with Crippen molar-refractivity contribution in [1.82, 2.24) is 19.7 Å². The summed E-state index contributed by atoms with van der Waals surface area (Å²) in [4.78, 5) is 13.0. The van der Waals surface area contributed by atoms with Gasteiger partial charge in [0.05, 0.1) is 13.1 Å². The lowest BCUT2D eigenvalue weighted by Crippen LogP contribution is -2.47. The van der Waals surface area contributed by atoms with Crippen LogP contribution in [-0.2, 0) is 24.4 Å². The molecule has 22 heavy (non-hydrogen) atoms. The van der Waals surface area contributed by atoms with E-state index in [9.17, 15) is 18.7 Å². The highest BCUT2D eigenvalue weighted by Crippen LogP contribution is 2.22. The summed E-state index contributed by atoms with van der Waals surface area (Å²) < 4.78 is 29.3. The van der Waals surface area contributed by atoms with E-state index >= 15 is 0 Å². The van der Waals surface area contributed by atoms with Crippen molar-refractivity contribution in [3.63, 3.8) is 0 Å². The number of carboxylic acid groups (broad SMARTS) is 1. The van der Waals surface area contributed by atoms with Gasteiger partial charge in [0.15, 0.2) is 0 Å². The molecule has 1 unspecified atom stereocenters. The Hall–Kier alpha value is -2.35. The number of aromatic nitrogens is 3. The number of carboxylic acids is 1. The number of hydrogen-bond acceptors (Lipinski definition) is 4. The van der Waals surface area contributed by atoms with Gasteiger partial charge in [-0.2, -0.15) is 0 Å². The van der Waals surface area contributed by atoms with Crippen LogP contribution >= 0.6 is 0 Å². The minimum Gasteiger partial charge on any atom is -0.480 e. The molecule has 2 heterocycles. The van der Waals surface area contributed by atoms with Crippen LogP contribution in [0.3, 0.4) is 0 Å². The zero-order valence-corrected chi connectivity index (χ0v) is 11.8. The predicted molar refractivity (Wildman–Crippen MR) is 71.8 cm³/mol. The number of carbonyl (C=O) groups is 1. The molecule has 0 aliphatic carbocycles. The van der Waals surface area contributed by atoms with Crippen LogP contribution in [0.2, 0.25) is 0 Å². The molecule has 0 radical (unpaired) electrons. The van der Waals surface area contributed by atoms with Gasteiger partial charge in [-0.1, -0.05) is 6.07 Å². The lowest BCUT2D eigenvalue weighted by Gasteiger charge is -2.33. The highest BCUT2D eigenvalue weighted by Gasteiger charge is 2.34. The summed E-state index contributed by atoms with van der Waals surface area (Å²) in [5.41, 5.74) is -0.140. The SMILES string of the molecule is Cc1nnc2n1CC(C(=O)O)N(Cc1c(F)cccc1F)C2. The molecule has 0 spiro atoms. The molecule has 1 N–H and O–H groups in total. The van der Waals surface area contributed by atoms with E-state index in [0.29, 0.717) is 11.6 Å². The Morgan fingerprint density at radius 3 is 2.68 bits per heavy atom. The molecule has 1 atom stereocenters. The van der Waals surface area contributed by atoms with Crippen LogP contribution < -0.4 is 0 Å². The third kappa shape index (κ3) is 2.45. The highest BCUT2D eigenvalue weighted by atomic mass is 19.1. The van der Waals surface area contributed by atoms with E-state index in [-0.39, 0.29) is 25.2 Å². The normalized spacial score (nSPS) is 18.2. The Morgan fingerprint density at radius 2 is 2.05 bits per heavy atom. The van der Waals surface area contributed by atoms with Crippen LogP contribution in [-0.4, -0.2) is 36.8 Å². The Labute approximate surface area is 125 Å². The van der Waals surface area contributed by atoms with Crippen molar-refractivity contribution < 1.29 is 18.7 Å². The summed E-state index contributed by atoms with van der Waals surface area (Å²) in [7, 11) is 0. The molecule has 1 aromatic carbocycles. The maximum absolute atomic E-state index is 13.8. The predicted octanol–water partition coefficient (Wildman–Crippen LogP) is 1.33. The topological polar surface area (TPSA) is 71.2 Å². The van der Waals surface area contributed by atoms with Crippen LogP contribution in [0.5, 0.6) is 0 Å². The second-order valence-corrected chi connectivity index (χ2v) is 5.23. The molecule has 0 amide bonds. The first-order chi connectivity index (χ1) is 10.5. The van der Waals surface area contributed by atoms with Crippen LogP contribution in [0, 0.1) is 18.6 Å². The van der Waals surface area contributed by atoms with Gasteiger partial charge in [0, 0.05) is 12.1 Å². The number of halogens is 2. The van der Waals surface area contributed by atoms with E-state index in [1.807, 2.05) is 0 Å². The van der Waals surface area contributed by atoms with E-state index in [1.165, 1.54) is 11.0 Å². The van der Waals surface area contributed by atoms with Crippen molar-refractivity contribution in [1.29, 1.82) is 0 Å². The average Bonchev–Trinajstić information content (AvgIpc) is 2.83. The lowest BCUT2D eigenvalue weighted by atomic mass is 10.1. The Kier molecular flexibility index (Phi) is 3.61. The number of aliphatic carboxylic acids is 1. The Morgan fingerprint density at radius 1 is 1.36 bits per heavy atom. The summed E-state index contributed by atoms with van der Waals surface area (Å²) in [6, 6.07) is 2.70. The van der Waals surface area contributed by atoms with Gasteiger partial charge in [-0.3, -0.25) is 9.69 Å². The number of benzene rings is 1. The van der Waals surface area contributed by atoms with E-state index in [2.05, 4.69) is 10.2 Å². The molecule has 0 bridgehead atoms. The summed E-state index contributed by atoms with van der Waals surface area (Å²) in [6.07, 6.45) is 0. The van der Waals surface area contributed by atoms with Gasteiger partial charge in [-0.25, -0.2) is 8.78 Å². The minimum absolute atomic E-state index is 0.138. The van der Waals surface area contributed by atoms with E-state index in [1.54, 1.807) is 11.5 Å². The molecule has 0 saturated heterocycles. The molecule has 1 aliphatic rings. The fourth-order valence-electron chi connectivity index (χ4n) is 2.65. The van der Waals surface area contributed by atoms with Gasteiger partial charge < -0.3 is 9.67 Å². The zero-order valence-electron chi connectivity index (χ0n) is 11.8. The minimum atomic E-state index is -1.05. The lowest BCUT2D eigenvalue weighted by molar-refractivity contribution is -0.145. The van der Waals surface area contributed by atoms with Crippen LogP contribution in [0.4, 0.5) is 8.78 Å². The first-order valence-corrected chi connectivity index (χ1v) is 6.76. The zero-order chi connectivity index (χ0) is 15.9. The monoisotopic (exact) mass is 308 g/mol. The van der Waals surface area contributed by atoms with Gasteiger partial charge in [-0.05, 0) is 19.1 Å². The number of rotatable bonds is 3. The van der Waals surface area contributed by atoms with Gasteiger partial charge in [0.1, 0.15) is 29.3 Å². The average molecular weight is 308 g/mol. The highest BCUT2D eigenvalue weighted by molar-refractivity contribution is 5.73. The number of hydrogen-bond donors (Lipinski definition) is 1. The van der Waals surface area contributed by atoms with Crippen molar-refractivity contribution in [2.75, 3.05) is 0 Å². The van der Waals surface area contributed by atoms with Crippen molar-refractivity contribution in [2.45, 2.75) is 32.6 Å². The smallest absolute Gasteiger partial charge is 0.322 e. The molecule has 0 saturated carbocycles. The summed E-state index contributed by atoms with van der Waals surface area (Å²) in [5, 5.41) is 17.3. The Bertz CT molecular complexity index is 711. The van der Waals surface area contributed by atoms with Crippen molar-refractivity contribution in [2.24, 2.45) is 0 Å². The van der Waals surface area contributed by atoms with Gasteiger partial charge >= 0.3 is 5.97 Å². The fourth-order valence-corrected chi connectivity index (χ4v) is 2.65. The van der Waals surface area contributed by atoms with Crippen molar-refractivity contribution >= 4 is 5.97 Å². The molecule has 8 heteroatoms. The van der Waals surface area contributed by atoms with Gasteiger partial charge in [0.2, 0.25) is 0 Å². The van der Waals surface area contributed by atoms with Crippen molar-refractivity contribution in [3.8, 4) is 0 Å². The second kappa shape index (κ2) is 5.45. The summed E-state index contributed by atoms with van der Waals surface area (Å²) in [5.74, 6) is -1.21. The Balaban J connectivity index is 1.93. The molecule has 2 aromatic rings. The standard InChI is InChI=1S/C14H14F2N4O2/c1-8-17-18-13-7-19(12(14(21)22)6-20(8)13)5-9-10(15)3-2-4-11(9)16/h2-4,12H,5-7H2,1H3,(H,21,22). The van der Waals surface area contributed by atoms with Crippen LogP contribution in [0.15, 0.2) is 18.2 Å². The quantitative estimate of drug-likeness (QED) is 0.926. The molecule has 0 fully saturated rings. The van der Waals surface area contributed by atoms with E-state index in [4.69, 9.17) is 0 Å². The third-order valence-electron chi connectivity index (χ3n) is 3.86. The number of nitrogens with zero attached hydrogens (tertiary/aromatic N) is 4. The first-order valence-electron chi connectivity index (χ1n) is 6.76. The van der Waals surface area contributed by atoms with Gasteiger partial charge in [-0.15, -0.1) is 10.2 Å². The molecule has 116 valence electrons. The van der Waals surface area contributed by atoms with Crippen LogP contribution in [0.1, 0.15) is 17.2 Å². The molecule has 6 nitrogen and oxygen atoms in total. The molecule has 3 rings (SSSR count). The molecular weight excluding hydrogens is 294 g/mol. The van der Waals surface area contributed by atoms with Crippen LogP contribution in [0.25, 0.3) is 0 Å². The molecule has 1 aliphatic heterocycles. The van der Waals surface area contributed by atoms with Gasteiger partial charge in [0.25, 0.3) is 0 Å². The number of aryl methyl sites for hydroxylation is 1. The fraction of sp³-hybridized carbons (Fsp3) is 0.357. The molecule has 1 aromatic heterocycles. The number of fused-ring (bicyclic) bond motifs is 1. The van der Waals surface area contributed by atoms with Crippen molar-refractivity contribution in [3.05, 3.63) is 47.0 Å². The second-order valence-electron chi connectivity index (χ2n) is 5.23. The summed E-state index contributed by atoms with van der Waals surface area (Å²) in [6.45, 7) is 1.92. The third-order valence-corrected chi connectivity index (χ3v) is 3.86. The summed E-state index contributed by atoms with van der Waals surface area (Å²) >= 11 is 0. The first kappa shape index (κ1) is 14.6.